The number of carboxylic acids is 1. The van der Waals surface area contributed by atoms with Crippen molar-refractivity contribution in [2.45, 2.75) is 26.3 Å². The molecule has 0 saturated heterocycles. The zero-order chi connectivity index (χ0) is 20.7. The van der Waals surface area contributed by atoms with Gasteiger partial charge in [0.05, 0.1) is 26.9 Å². The van der Waals surface area contributed by atoms with Gasteiger partial charge in [0.15, 0.2) is 5.76 Å². The van der Waals surface area contributed by atoms with Crippen LogP contribution in [0.2, 0.25) is 6.04 Å². The lowest BCUT2D eigenvalue weighted by atomic mass is 10.1. The molecule has 1 aromatic carbocycles. The molecule has 0 unspecified atom stereocenters. The Balaban J connectivity index is 0.000000580. The minimum atomic E-state index is -1.20. The third-order valence-corrected chi connectivity index (χ3v) is 6.89. The Hall–Kier alpha value is -1.60. The van der Waals surface area contributed by atoms with Gasteiger partial charge in [-0.25, -0.2) is 4.79 Å². The molecule has 0 heterocycles. The molecule has 0 radical (unpaired) electrons. The number of aliphatic carboxylic acids is 1. The van der Waals surface area contributed by atoms with Gasteiger partial charge in [-0.1, -0.05) is 32.4 Å². The predicted molar refractivity (Wildman–Crippen MR) is 115 cm³/mol. The van der Waals surface area contributed by atoms with E-state index in [1.54, 1.807) is 24.3 Å². The minimum Gasteiger partial charge on any atom is -0.496 e. The van der Waals surface area contributed by atoms with Crippen molar-refractivity contribution in [2.24, 2.45) is 5.92 Å². The van der Waals surface area contributed by atoms with Crippen LogP contribution in [0.5, 0.6) is 5.75 Å². The van der Waals surface area contributed by atoms with Crippen LogP contribution in [0.4, 0.5) is 0 Å². The number of benzene rings is 1. The number of rotatable bonds is 11. The van der Waals surface area contributed by atoms with Gasteiger partial charge in [0, 0.05) is 0 Å². The van der Waals surface area contributed by atoms with E-state index in [0.717, 1.165) is 16.4 Å². The molecule has 0 amide bonds. The van der Waals surface area contributed by atoms with Crippen LogP contribution in [-0.4, -0.2) is 62.7 Å². The molecule has 0 aliphatic rings. The summed E-state index contributed by atoms with van der Waals surface area (Å²) in [5.41, 5.74) is 0.525. The molecule has 154 valence electrons. The van der Waals surface area contributed by atoms with Gasteiger partial charge in [0.2, 0.25) is 5.76 Å². The fraction of sp³-hybridized carbons (Fsp3) is 0.471. The van der Waals surface area contributed by atoms with Crippen molar-refractivity contribution in [1.29, 1.82) is 0 Å². The monoisotopic (exact) mass is 432 g/mol. The van der Waals surface area contributed by atoms with E-state index in [0.29, 0.717) is 11.3 Å². The lowest BCUT2D eigenvalue weighted by Gasteiger charge is -2.13. The molecule has 1 aromatic rings. The number of ether oxygens (including phenoxy) is 3. The van der Waals surface area contributed by atoms with Crippen molar-refractivity contribution >= 4 is 42.0 Å². The maximum absolute atomic E-state index is 11.0. The number of carbonyl (C=O) groups is 1. The number of methoxy groups -OCH3 is 3. The quantitative estimate of drug-likeness (QED) is 0.237. The van der Waals surface area contributed by atoms with E-state index < -0.39 is 16.0 Å². The largest absolute Gasteiger partial charge is 0.496 e. The topological polar surface area (TPSA) is 83.5 Å². The highest BCUT2D eigenvalue weighted by Crippen LogP contribution is 2.28. The summed E-state index contributed by atoms with van der Waals surface area (Å²) < 4.78 is 25.5. The van der Waals surface area contributed by atoms with Crippen molar-refractivity contribution in [2.75, 3.05) is 21.3 Å². The first-order chi connectivity index (χ1) is 12.9. The molecule has 7 nitrogen and oxygen atoms in total. The van der Waals surface area contributed by atoms with Crippen LogP contribution < -0.4 is 4.74 Å². The molecule has 0 fully saturated rings. The molecule has 1 rings (SSSR count). The van der Waals surface area contributed by atoms with Crippen LogP contribution in [0.3, 0.4) is 0 Å². The molecule has 27 heavy (non-hydrogen) atoms. The zero-order valence-corrected chi connectivity index (χ0v) is 21.9. The van der Waals surface area contributed by atoms with Crippen LogP contribution in [0.25, 0.3) is 5.76 Å². The van der Waals surface area contributed by atoms with E-state index in [1.807, 2.05) is 0 Å². The van der Waals surface area contributed by atoms with Gasteiger partial charge in [-0.3, -0.25) is 0 Å². The summed E-state index contributed by atoms with van der Waals surface area (Å²) in [6.07, 6.45) is 1.34. The Bertz CT molecular complexity index is 579. The Morgan fingerprint density at radius 3 is 2.33 bits per heavy atom. The summed E-state index contributed by atoms with van der Waals surface area (Å²) >= 11 is 0. The van der Waals surface area contributed by atoms with E-state index in [4.69, 9.17) is 27.5 Å². The molecule has 1 N–H and O–H groups in total. The standard InChI is InChI=1S/C12H14O5.C5H18O2Si3/c1-15-9-7-5-4-6-8(9)10(16-2)11(17-3)12(13)14;1-5(2)3-4-9-7-10-6-8/h4-7H,1-3H3,(H,13,14);5H,3-4,9-10H2,1-2,8H3. The molecule has 0 aliphatic carbocycles. The third-order valence-electron chi connectivity index (χ3n) is 3.43. The molecule has 0 atom stereocenters. The molecule has 0 spiro atoms. The van der Waals surface area contributed by atoms with Crippen molar-refractivity contribution in [1.82, 2.24) is 0 Å². The van der Waals surface area contributed by atoms with Crippen molar-refractivity contribution in [3.05, 3.63) is 35.6 Å². The number of carboxylic acid groups (broad SMARTS) is 1. The van der Waals surface area contributed by atoms with Crippen LogP contribution in [0.15, 0.2) is 30.0 Å². The van der Waals surface area contributed by atoms with E-state index in [-0.39, 0.29) is 21.3 Å². The van der Waals surface area contributed by atoms with Gasteiger partial charge in [0.25, 0.3) is 10.0 Å². The Kier molecular flexibility index (Phi) is 14.5. The second kappa shape index (κ2) is 15.5. The maximum atomic E-state index is 11.0. The van der Waals surface area contributed by atoms with Crippen LogP contribution >= 0.6 is 0 Å². The van der Waals surface area contributed by atoms with Gasteiger partial charge in [-0.15, -0.1) is 0 Å². The zero-order valence-electron chi connectivity index (χ0n) is 17.1. The Morgan fingerprint density at radius 2 is 1.85 bits per heavy atom. The summed E-state index contributed by atoms with van der Waals surface area (Å²) in [4.78, 5) is 11.0. The molecular formula is C17H32O7Si3. The summed E-state index contributed by atoms with van der Waals surface area (Å²) in [6, 6.07) is 8.27. The van der Waals surface area contributed by atoms with Crippen LogP contribution in [0, 0.1) is 5.92 Å². The number of hydrogen-bond donors (Lipinski definition) is 1. The first kappa shape index (κ1) is 25.4. The third kappa shape index (κ3) is 10.3. The summed E-state index contributed by atoms with van der Waals surface area (Å²) in [6.45, 7) is 4.52. The minimum absolute atomic E-state index is 0.123. The molecule has 0 saturated carbocycles. The summed E-state index contributed by atoms with van der Waals surface area (Å²) in [7, 11) is 4.33. The molecular weight excluding hydrogens is 400 g/mol. The Labute approximate surface area is 169 Å². The van der Waals surface area contributed by atoms with Crippen molar-refractivity contribution in [3.63, 3.8) is 0 Å². The van der Waals surface area contributed by atoms with Crippen LogP contribution in [0.1, 0.15) is 25.8 Å². The van der Waals surface area contributed by atoms with E-state index in [2.05, 4.69) is 13.8 Å². The SMILES string of the molecule is CC(C)CC[SiH2]O[SiH2]O[SiH3].COC(C(=O)O)=C(OC)c1ccccc1OC. The maximum Gasteiger partial charge on any atom is 0.375 e. The van der Waals surface area contributed by atoms with Gasteiger partial charge in [-0.2, -0.15) is 0 Å². The van der Waals surface area contributed by atoms with E-state index in [1.165, 1.54) is 33.8 Å². The second-order valence-corrected chi connectivity index (χ2v) is 11.2. The molecule has 0 aliphatic heterocycles. The molecule has 0 aromatic heterocycles. The summed E-state index contributed by atoms with van der Waals surface area (Å²) in [5, 5.41) is 9.00. The molecule has 10 heteroatoms. The number of para-hydroxylation sites is 1. The van der Waals surface area contributed by atoms with Gasteiger partial charge >= 0.3 is 5.97 Å². The second-order valence-electron chi connectivity index (χ2n) is 5.92. The van der Waals surface area contributed by atoms with E-state index in [9.17, 15) is 4.79 Å². The smallest absolute Gasteiger partial charge is 0.375 e. The lowest BCUT2D eigenvalue weighted by Crippen LogP contribution is -2.08. The van der Waals surface area contributed by atoms with Crippen molar-refractivity contribution < 1.29 is 32.3 Å². The predicted octanol–water partition coefficient (Wildman–Crippen LogP) is 0.588. The van der Waals surface area contributed by atoms with Gasteiger partial charge in [0.1, 0.15) is 26.0 Å². The van der Waals surface area contributed by atoms with Gasteiger partial charge < -0.3 is 27.5 Å². The highest BCUT2D eigenvalue weighted by atomic mass is 28.3. The summed E-state index contributed by atoms with van der Waals surface area (Å²) in [5.74, 6) is 0.0135. The highest BCUT2D eigenvalue weighted by molar-refractivity contribution is 6.41. The van der Waals surface area contributed by atoms with Crippen molar-refractivity contribution in [3.8, 4) is 5.75 Å². The lowest BCUT2D eigenvalue weighted by molar-refractivity contribution is -0.136. The normalized spacial score (nSPS) is 12.2. The Morgan fingerprint density at radius 1 is 1.19 bits per heavy atom. The first-order valence-corrected chi connectivity index (χ1v) is 12.2. The number of hydrogen-bond acceptors (Lipinski definition) is 6. The highest BCUT2D eigenvalue weighted by Gasteiger charge is 2.20. The fourth-order valence-corrected chi connectivity index (χ4v) is 6.61. The van der Waals surface area contributed by atoms with Gasteiger partial charge in [-0.05, 0) is 24.1 Å². The average molecular weight is 433 g/mol. The molecule has 0 bridgehead atoms. The average Bonchev–Trinajstić information content (AvgIpc) is 2.65. The fourth-order valence-electron chi connectivity index (χ4n) is 2.17. The van der Waals surface area contributed by atoms with Crippen LogP contribution in [-0.2, 0) is 22.5 Å². The van der Waals surface area contributed by atoms with E-state index >= 15 is 0 Å². The first-order valence-electron chi connectivity index (χ1n) is 8.68.